The molecular formula is C30H36N6O3S. The fourth-order valence-corrected chi connectivity index (χ4v) is 6.70. The van der Waals surface area contributed by atoms with E-state index in [0.29, 0.717) is 17.6 Å². The van der Waals surface area contributed by atoms with E-state index in [1.807, 2.05) is 0 Å². The average Bonchev–Trinajstić information content (AvgIpc) is 3.35. The number of unbranched alkanes of at least 4 members (excludes halogenated alkanes) is 1. The van der Waals surface area contributed by atoms with Crippen molar-refractivity contribution in [3.05, 3.63) is 84.2 Å². The molecular weight excluding hydrogens is 524 g/mol. The summed E-state index contributed by atoms with van der Waals surface area (Å²) in [5.41, 5.74) is 10.5. The third-order valence-corrected chi connectivity index (χ3v) is 9.43. The van der Waals surface area contributed by atoms with Crippen molar-refractivity contribution in [2.24, 2.45) is 5.73 Å². The number of aromatic nitrogens is 2. The van der Waals surface area contributed by atoms with Crippen LogP contribution in [0.5, 0.6) is 0 Å². The molecule has 0 radical (unpaired) electrons. The van der Waals surface area contributed by atoms with Crippen LogP contribution in [0.3, 0.4) is 0 Å². The number of hydrogen-bond donors (Lipinski definition) is 1. The molecule has 1 saturated heterocycles. The van der Waals surface area contributed by atoms with Gasteiger partial charge in [-0.25, -0.2) is 22.2 Å². The Hall–Kier alpha value is -3.89. The number of primary amides is 1. The predicted octanol–water partition coefficient (Wildman–Crippen LogP) is 4.38. The van der Waals surface area contributed by atoms with Gasteiger partial charge in [-0.2, -0.15) is 0 Å². The van der Waals surface area contributed by atoms with Crippen molar-refractivity contribution in [2.75, 3.05) is 49.1 Å². The molecule has 10 heteroatoms. The van der Waals surface area contributed by atoms with Crippen LogP contribution in [0, 0.1) is 13.8 Å². The van der Waals surface area contributed by atoms with Gasteiger partial charge in [0.2, 0.25) is 0 Å². The van der Waals surface area contributed by atoms with Gasteiger partial charge in [0.15, 0.2) is 5.65 Å². The minimum absolute atomic E-state index is 0.146. The number of fused-ring (bicyclic) bond motifs is 1. The molecule has 3 heterocycles. The summed E-state index contributed by atoms with van der Waals surface area (Å²) in [6.45, 7) is 9.61. The van der Waals surface area contributed by atoms with Crippen LogP contribution in [-0.4, -0.2) is 67.6 Å². The Morgan fingerprint density at radius 3 is 2.42 bits per heavy atom. The summed E-state index contributed by atoms with van der Waals surface area (Å²) >= 11 is 0. The number of piperazine rings is 1. The van der Waals surface area contributed by atoms with Crippen LogP contribution in [0.15, 0.2) is 78.0 Å². The molecule has 0 aliphatic carbocycles. The van der Waals surface area contributed by atoms with Gasteiger partial charge in [0.25, 0.3) is 10.0 Å². The summed E-state index contributed by atoms with van der Waals surface area (Å²) in [5.74, 6) is 0. The molecule has 1 aliphatic rings. The van der Waals surface area contributed by atoms with Crippen molar-refractivity contribution >= 4 is 38.5 Å². The number of nitrogens with two attached hydrogens (primary N) is 1. The number of benzene rings is 2. The van der Waals surface area contributed by atoms with Crippen LogP contribution in [-0.2, 0) is 10.0 Å². The number of amides is 2. The standard InChI is InChI=1S/C30H36N6O3S/c1-23-10-8-14-27(24(23)2)34-20-18-33(19-21-34)16-6-7-17-35(30(31)37)28-22-36(29-26(28)13-9-15-32-29)40(38,39)25-11-4-3-5-12-25/h3-5,8-15,22H,6-7,16-21H2,1-2H3,(H2,31,37). The van der Waals surface area contributed by atoms with E-state index in [-0.39, 0.29) is 10.5 Å². The zero-order valence-corrected chi connectivity index (χ0v) is 23.8. The normalized spacial score (nSPS) is 14.5. The first kappa shape index (κ1) is 27.7. The number of hydrogen-bond acceptors (Lipinski definition) is 6. The first-order chi connectivity index (χ1) is 19.3. The Kier molecular flexibility index (Phi) is 8.09. The molecule has 1 fully saturated rings. The number of aryl methyl sites for hydroxylation is 1. The lowest BCUT2D eigenvalue weighted by Crippen LogP contribution is -2.47. The van der Waals surface area contributed by atoms with Gasteiger partial charge < -0.3 is 10.6 Å². The number of pyridine rings is 1. The molecule has 2 aromatic carbocycles. The largest absolute Gasteiger partial charge is 0.369 e. The van der Waals surface area contributed by atoms with Crippen LogP contribution >= 0.6 is 0 Å². The summed E-state index contributed by atoms with van der Waals surface area (Å²) in [4.78, 5) is 23.4. The lowest BCUT2D eigenvalue weighted by atomic mass is 10.1. The Labute approximate surface area is 235 Å². The Balaban J connectivity index is 1.24. The minimum Gasteiger partial charge on any atom is -0.369 e. The summed E-state index contributed by atoms with van der Waals surface area (Å²) in [5, 5.41) is 0.559. The average molecular weight is 561 g/mol. The van der Waals surface area contributed by atoms with Crippen molar-refractivity contribution in [1.29, 1.82) is 0 Å². The highest BCUT2D eigenvalue weighted by Crippen LogP contribution is 2.31. The second-order valence-electron chi connectivity index (χ2n) is 10.2. The van der Waals surface area contributed by atoms with Crippen LogP contribution in [0.25, 0.3) is 11.0 Å². The van der Waals surface area contributed by atoms with E-state index >= 15 is 0 Å². The monoisotopic (exact) mass is 560 g/mol. The quantitative estimate of drug-likeness (QED) is 0.305. The molecule has 1 aliphatic heterocycles. The molecule has 2 aromatic heterocycles. The highest BCUT2D eigenvalue weighted by molar-refractivity contribution is 7.90. The van der Waals surface area contributed by atoms with Crippen molar-refractivity contribution < 1.29 is 13.2 Å². The molecule has 0 unspecified atom stereocenters. The highest BCUT2D eigenvalue weighted by atomic mass is 32.2. The van der Waals surface area contributed by atoms with Gasteiger partial charge >= 0.3 is 6.03 Å². The lowest BCUT2D eigenvalue weighted by molar-refractivity contribution is 0.249. The summed E-state index contributed by atoms with van der Waals surface area (Å²) < 4.78 is 28.0. The molecule has 5 rings (SSSR count). The predicted molar refractivity (Wildman–Crippen MR) is 159 cm³/mol. The zero-order chi connectivity index (χ0) is 28.3. The number of nitrogens with zero attached hydrogens (tertiary/aromatic N) is 5. The van der Waals surface area contributed by atoms with Gasteiger partial charge in [-0.15, -0.1) is 0 Å². The number of carbonyl (C=O) groups is 1. The van der Waals surface area contributed by atoms with E-state index in [9.17, 15) is 13.2 Å². The molecule has 210 valence electrons. The third kappa shape index (κ3) is 5.55. The summed E-state index contributed by atoms with van der Waals surface area (Å²) in [7, 11) is -3.91. The van der Waals surface area contributed by atoms with Crippen LogP contribution < -0.4 is 15.5 Å². The first-order valence-corrected chi connectivity index (χ1v) is 15.1. The third-order valence-electron chi connectivity index (χ3n) is 7.76. The van der Waals surface area contributed by atoms with Crippen LogP contribution in [0.1, 0.15) is 24.0 Å². The van der Waals surface area contributed by atoms with Gasteiger partial charge in [-0.3, -0.25) is 9.80 Å². The molecule has 0 spiro atoms. The van der Waals surface area contributed by atoms with Gasteiger partial charge in [0.05, 0.1) is 10.6 Å². The number of anilines is 2. The second-order valence-corrected chi connectivity index (χ2v) is 12.1. The van der Waals surface area contributed by atoms with E-state index in [1.54, 1.807) is 30.3 Å². The van der Waals surface area contributed by atoms with E-state index in [0.717, 1.165) is 49.5 Å². The molecule has 2 amide bonds. The van der Waals surface area contributed by atoms with E-state index in [4.69, 9.17) is 5.73 Å². The maximum atomic E-state index is 13.4. The molecule has 40 heavy (non-hydrogen) atoms. The van der Waals surface area contributed by atoms with Crippen LogP contribution in [0.4, 0.5) is 16.2 Å². The first-order valence-electron chi connectivity index (χ1n) is 13.6. The Morgan fingerprint density at radius 2 is 1.70 bits per heavy atom. The van der Waals surface area contributed by atoms with Gasteiger partial charge in [0.1, 0.15) is 0 Å². The van der Waals surface area contributed by atoms with E-state index in [1.165, 1.54) is 46.2 Å². The molecule has 2 N–H and O–H groups in total. The number of rotatable bonds is 9. The van der Waals surface area contributed by atoms with E-state index in [2.05, 4.69) is 46.8 Å². The van der Waals surface area contributed by atoms with Gasteiger partial charge in [-0.05, 0) is 74.7 Å². The van der Waals surface area contributed by atoms with Crippen molar-refractivity contribution in [3.8, 4) is 0 Å². The highest BCUT2D eigenvalue weighted by Gasteiger charge is 2.26. The van der Waals surface area contributed by atoms with Crippen molar-refractivity contribution in [3.63, 3.8) is 0 Å². The van der Waals surface area contributed by atoms with Gasteiger partial charge in [-0.1, -0.05) is 30.3 Å². The summed E-state index contributed by atoms with van der Waals surface area (Å²) in [6, 6.07) is 17.5. The van der Waals surface area contributed by atoms with Crippen molar-refractivity contribution in [1.82, 2.24) is 13.9 Å². The second kappa shape index (κ2) is 11.7. The number of urea groups is 1. The maximum absolute atomic E-state index is 13.4. The molecule has 0 saturated carbocycles. The molecule has 9 nitrogen and oxygen atoms in total. The topological polar surface area (TPSA) is 105 Å². The van der Waals surface area contributed by atoms with E-state index < -0.39 is 16.1 Å². The Morgan fingerprint density at radius 1 is 0.950 bits per heavy atom. The molecule has 4 aromatic rings. The van der Waals surface area contributed by atoms with Crippen molar-refractivity contribution in [2.45, 2.75) is 31.6 Å². The zero-order valence-electron chi connectivity index (χ0n) is 23.0. The molecule has 0 atom stereocenters. The maximum Gasteiger partial charge on any atom is 0.319 e. The van der Waals surface area contributed by atoms with Gasteiger partial charge in [0, 0.05) is 56.2 Å². The lowest BCUT2D eigenvalue weighted by Gasteiger charge is -2.37. The Bertz CT molecular complexity index is 1590. The fraction of sp³-hybridized carbons (Fsp3) is 0.333. The van der Waals surface area contributed by atoms with Crippen LogP contribution in [0.2, 0.25) is 0 Å². The summed E-state index contributed by atoms with van der Waals surface area (Å²) in [6.07, 6.45) is 4.62. The minimum atomic E-state index is -3.91. The fourth-order valence-electron chi connectivity index (χ4n) is 5.36. The number of carbonyl (C=O) groups excluding carboxylic acids is 1. The SMILES string of the molecule is Cc1cccc(N2CCN(CCCCN(C(N)=O)c3cn(S(=O)(=O)c4ccccc4)c4ncccc34)CC2)c1C. The smallest absolute Gasteiger partial charge is 0.319 e. The molecule has 0 bridgehead atoms.